The lowest BCUT2D eigenvalue weighted by Gasteiger charge is -2.60. The van der Waals surface area contributed by atoms with Crippen LogP contribution in [0.15, 0.2) is 23.6 Å². The lowest BCUT2D eigenvalue weighted by molar-refractivity contribution is -0.204. The first-order chi connectivity index (χ1) is 14.8. The molecule has 0 bridgehead atoms. The van der Waals surface area contributed by atoms with Crippen molar-refractivity contribution >= 4 is 17.5 Å². The van der Waals surface area contributed by atoms with E-state index in [-0.39, 0.29) is 24.3 Å². The van der Waals surface area contributed by atoms with Crippen LogP contribution in [0.1, 0.15) is 47.0 Å². The molecule has 4 rings (SSSR count). The van der Waals surface area contributed by atoms with E-state index in [4.69, 9.17) is 4.74 Å². The SMILES string of the molecule is CC(=O)O[C@@]1(C(=O)CF)[C@@H](C)C[C@H]2[C@@H]3C[C@H](F)C4=C(F)C(=O)C=C[C@]4(C)[C@H]3[C@@H](O)C[C@@]21C. The van der Waals surface area contributed by atoms with Crippen molar-refractivity contribution < 1.29 is 37.4 Å². The minimum absolute atomic E-state index is 0.00538. The van der Waals surface area contributed by atoms with Gasteiger partial charge in [0.2, 0.25) is 11.6 Å². The predicted molar refractivity (Wildman–Crippen MR) is 108 cm³/mol. The van der Waals surface area contributed by atoms with Gasteiger partial charge in [-0.05, 0) is 37.2 Å². The van der Waals surface area contributed by atoms with E-state index in [1.165, 1.54) is 6.08 Å². The van der Waals surface area contributed by atoms with Crippen LogP contribution < -0.4 is 0 Å². The molecule has 176 valence electrons. The van der Waals surface area contributed by atoms with Crippen LogP contribution >= 0.6 is 0 Å². The zero-order valence-electron chi connectivity index (χ0n) is 18.7. The molecule has 0 aromatic carbocycles. The summed E-state index contributed by atoms with van der Waals surface area (Å²) in [6.07, 6.45) is -0.0297. The molecule has 0 heterocycles. The number of halogens is 3. The maximum atomic E-state index is 15.4. The first-order valence-corrected chi connectivity index (χ1v) is 11.1. The normalized spacial score (nSPS) is 47.6. The molecule has 4 aliphatic carbocycles. The number of alkyl halides is 2. The van der Waals surface area contributed by atoms with Gasteiger partial charge in [0.15, 0.2) is 18.1 Å². The van der Waals surface area contributed by atoms with E-state index >= 15 is 4.39 Å². The van der Waals surface area contributed by atoms with Gasteiger partial charge in [-0.25, -0.2) is 13.2 Å². The topological polar surface area (TPSA) is 80.7 Å². The highest BCUT2D eigenvalue weighted by Crippen LogP contribution is 2.69. The summed E-state index contributed by atoms with van der Waals surface area (Å²) >= 11 is 0. The van der Waals surface area contributed by atoms with Crippen LogP contribution in [-0.2, 0) is 19.1 Å². The minimum atomic E-state index is -1.77. The lowest BCUT2D eigenvalue weighted by atomic mass is 9.45. The van der Waals surface area contributed by atoms with Crippen molar-refractivity contribution in [2.24, 2.45) is 34.5 Å². The molecule has 3 fully saturated rings. The number of hydrogen-bond acceptors (Lipinski definition) is 5. The number of allylic oxidation sites excluding steroid dienone is 4. The van der Waals surface area contributed by atoms with Gasteiger partial charge in [0, 0.05) is 35.2 Å². The van der Waals surface area contributed by atoms with E-state index < -0.39 is 76.5 Å². The Bertz CT molecular complexity index is 944. The fraction of sp³-hybridized carbons (Fsp3) is 0.708. The molecule has 0 unspecified atom stereocenters. The van der Waals surface area contributed by atoms with Crippen LogP contribution in [0.2, 0.25) is 0 Å². The first kappa shape index (κ1) is 23.2. The number of rotatable bonds is 3. The Morgan fingerprint density at radius 2 is 1.94 bits per heavy atom. The number of carbonyl (C=O) groups is 3. The molecular weight excluding hydrogens is 425 g/mol. The number of Topliss-reactive ketones (excluding diaryl/α,β-unsaturated/α-hetero) is 1. The van der Waals surface area contributed by atoms with Crippen molar-refractivity contribution in [3.63, 3.8) is 0 Å². The highest BCUT2D eigenvalue weighted by Gasteiger charge is 2.73. The molecule has 1 N–H and O–H groups in total. The molecular formula is C24H29F3O5. The molecule has 4 aliphatic rings. The Balaban J connectivity index is 1.86. The monoisotopic (exact) mass is 454 g/mol. The van der Waals surface area contributed by atoms with Crippen molar-refractivity contribution in [2.75, 3.05) is 6.67 Å². The van der Waals surface area contributed by atoms with Gasteiger partial charge in [-0.1, -0.05) is 26.8 Å². The van der Waals surface area contributed by atoms with Gasteiger partial charge in [-0.3, -0.25) is 14.4 Å². The maximum absolute atomic E-state index is 15.4. The van der Waals surface area contributed by atoms with Crippen molar-refractivity contribution in [1.29, 1.82) is 0 Å². The zero-order chi connectivity index (χ0) is 23.8. The molecule has 0 aliphatic heterocycles. The van der Waals surface area contributed by atoms with Gasteiger partial charge in [0.1, 0.15) is 6.17 Å². The first-order valence-electron chi connectivity index (χ1n) is 11.1. The largest absolute Gasteiger partial charge is 0.450 e. The molecule has 32 heavy (non-hydrogen) atoms. The molecule has 0 spiro atoms. The molecule has 9 atom stereocenters. The number of carbonyl (C=O) groups excluding carboxylic acids is 3. The third kappa shape index (κ3) is 2.71. The molecule has 3 saturated carbocycles. The van der Waals surface area contributed by atoms with Gasteiger partial charge in [-0.2, -0.15) is 0 Å². The standard InChI is InChI=1S/C24H29F3O5/c1-11-7-14-13-8-15(26)20-21(27)16(29)5-6-22(20,3)19(13)17(30)9-23(14,4)24(11,18(31)10-25)32-12(2)28/h5-6,11,13-15,17,19,30H,7-10H2,1-4H3/t11-,13-,14-,15-,17-,19+,22+,23-,24+/m0/s1. The third-order valence-corrected chi connectivity index (χ3v) is 8.93. The fourth-order valence-corrected chi connectivity index (χ4v) is 7.94. The molecule has 5 nitrogen and oxygen atoms in total. The van der Waals surface area contributed by atoms with E-state index in [2.05, 4.69) is 0 Å². The summed E-state index contributed by atoms with van der Waals surface area (Å²) < 4.78 is 49.5. The van der Waals surface area contributed by atoms with Crippen LogP contribution in [-0.4, -0.2) is 47.2 Å². The van der Waals surface area contributed by atoms with E-state index in [1.807, 2.05) is 0 Å². The van der Waals surface area contributed by atoms with Crippen LogP contribution in [0.4, 0.5) is 13.2 Å². The van der Waals surface area contributed by atoms with Crippen LogP contribution in [0.5, 0.6) is 0 Å². The van der Waals surface area contributed by atoms with E-state index in [0.29, 0.717) is 6.42 Å². The third-order valence-electron chi connectivity index (χ3n) is 8.93. The van der Waals surface area contributed by atoms with Crippen LogP contribution in [0.3, 0.4) is 0 Å². The molecule has 0 amide bonds. The lowest BCUT2D eigenvalue weighted by Crippen LogP contribution is -2.64. The van der Waals surface area contributed by atoms with Gasteiger partial charge in [0.05, 0.1) is 6.10 Å². The number of aliphatic hydroxyl groups excluding tert-OH is 1. The maximum Gasteiger partial charge on any atom is 0.303 e. The number of fused-ring (bicyclic) bond motifs is 5. The summed E-state index contributed by atoms with van der Waals surface area (Å²) in [6.45, 7) is 4.88. The second-order valence-electron chi connectivity index (χ2n) is 10.4. The Hall–Kier alpha value is -1.96. The number of esters is 1. The quantitative estimate of drug-likeness (QED) is 0.660. The number of aliphatic hydroxyl groups is 1. The Morgan fingerprint density at radius 1 is 1.28 bits per heavy atom. The Kier molecular flexibility index (Phi) is 5.27. The predicted octanol–water partition coefficient (Wildman–Crippen LogP) is 3.60. The molecule has 0 radical (unpaired) electrons. The molecule has 0 saturated heterocycles. The second kappa shape index (κ2) is 7.27. The van der Waals surface area contributed by atoms with Crippen molar-refractivity contribution in [2.45, 2.75) is 64.8 Å². The summed E-state index contributed by atoms with van der Waals surface area (Å²) in [6, 6.07) is 0. The summed E-state index contributed by atoms with van der Waals surface area (Å²) in [7, 11) is 0. The Labute approximate surface area is 185 Å². The van der Waals surface area contributed by atoms with Gasteiger partial charge in [0.25, 0.3) is 0 Å². The van der Waals surface area contributed by atoms with Gasteiger partial charge in [-0.15, -0.1) is 0 Å². The number of ketones is 2. The summed E-state index contributed by atoms with van der Waals surface area (Å²) in [5.41, 5.74) is -4.32. The summed E-state index contributed by atoms with van der Waals surface area (Å²) in [4.78, 5) is 36.8. The van der Waals surface area contributed by atoms with Crippen molar-refractivity contribution in [3.05, 3.63) is 23.6 Å². The van der Waals surface area contributed by atoms with Crippen molar-refractivity contribution in [3.8, 4) is 0 Å². The average Bonchev–Trinajstić information content (AvgIpc) is 2.91. The van der Waals surface area contributed by atoms with E-state index in [9.17, 15) is 28.3 Å². The van der Waals surface area contributed by atoms with Crippen LogP contribution in [0, 0.1) is 34.5 Å². The van der Waals surface area contributed by atoms with E-state index in [0.717, 1.165) is 13.0 Å². The fourth-order valence-electron chi connectivity index (χ4n) is 7.94. The van der Waals surface area contributed by atoms with E-state index in [1.54, 1.807) is 20.8 Å². The van der Waals surface area contributed by atoms with Gasteiger partial charge < -0.3 is 9.84 Å². The molecule has 0 aromatic rings. The Morgan fingerprint density at radius 3 is 2.53 bits per heavy atom. The second-order valence-corrected chi connectivity index (χ2v) is 10.4. The van der Waals surface area contributed by atoms with Gasteiger partial charge >= 0.3 is 5.97 Å². The van der Waals surface area contributed by atoms with Crippen LogP contribution in [0.25, 0.3) is 0 Å². The smallest absolute Gasteiger partial charge is 0.303 e. The molecule has 0 aromatic heterocycles. The highest BCUT2D eigenvalue weighted by molar-refractivity contribution is 6.04. The highest BCUT2D eigenvalue weighted by atomic mass is 19.1. The van der Waals surface area contributed by atoms with Crippen molar-refractivity contribution in [1.82, 2.24) is 0 Å². The molecule has 8 heteroatoms. The summed E-state index contributed by atoms with van der Waals surface area (Å²) in [5.74, 6) is -5.57. The average molecular weight is 454 g/mol. The number of ether oxygens (including phenoxy) is 1. The zero-order valence-corrected chi connectivity index (χ0v) is 18.7. The summed E-state index contributed by atoms with van der Waals surface area (Å²) in [5, 5.41) is 11.3. The number of hydrogen-bond donors (Lipinski definition) is 1. The minimum Gasteiger partial charge on any atom is -0.450 e.